The monoisotopic (exact) mass is 1400 g/mol. The average Bonchev–Trinajstić information content (AvgIpc) is 1.54. The molecule has 2 unspecified atom stereocenters. The van der Waals surface area contributed by atoms with Gasteiger partial charge in [0.1, 0.15) is 41.8 Å². The molecule has 0 bridgehead atoms. The van der Waals surface area contributed by atoms with Gasteiger partial charge in [0.05, 0.1) is 56.8 Å². The van der Waals surface area contributed by atoms with E-state index in [1.54, 1.807) is 46.9 Å². The van der Waals surface area contributed by atoms with Gasteiger partial charge in [-0.3, -0.25) is 29.0 Å². The first-order valence-corrected chi connectivity index (χ1v) is 41.9. The SMILES string of the molecule is CCCCCCCCN1C(=O)c2ccc(-c3ccc(-c4cc(F)c(-c5cc6c(s5)-c5sc(-c7c(F)cc(-c8ccc(-c9ccc%10c(c9)C(=O)N(CCCCCCCC)C%10=O)s8)c8nsnc78)cc5[Si]6(CC(CC)CCCC)CC(CC)CCCC)c5nsnc45)s3)cc2C1=O. The maximum atomic E-state index is 17.7. The molecule has 10 nitrogen and oxygen atoms in total. The molecule has 0 radical (unpaired) electrons. The Morgan fingerprint density at radius 1 is 0.389 bits per heavy atom. The minimum Gasteiger partial charge on any atom is -0.274 e. The lowest BCUT2D eigenvalue weighted by Gasteiger charge is -2.35. The second-order valence-electron chi connectivity index (χ2n) is 26.4. The highest BCUT2D eigenvalue weighted by Gasteiger charge is 2.51. The van der Waals surface area contributed by atoms with Crippen molar-refractivity contribution in [1.29, 1.82) is 0 Å². The van der Waals surface area contributed by atoms with Crippen LogP contribution in [0.1, 0.15) is 211 Å². The summed E-state index contributed by atoms with van der Waals surface area (Å²) in [6.07, 6.45) is 21.7. The summed E-state index contributed by atoms with van der Waals surface area (Å²) in [5, 5.41) is 2.74. The summed E-state index contributed by atoms with van der Waals surface area (Å²) in [5.74, 6) is -0.738. The molecule has 95 heavy (non-hydrogen) atoms. The second-order valence-corrected chi connectivity index (χ2v) is 35.8. The summed E-state index contributed by atoms with van der Waals surface area (Å²) in [4.78, 5) is 64.5. The molecule has 494 valence electrons. The van der Waals surface area contributed by atoms with Crippen LogP contribution in [0.2, 0.25) is 12.1 Å². The second kappa shape index (κ2) is 29.4. The van der Waals surface area contributed by atoms with Gasteiger partial charge in [0.15, 0.2) is 0 Å². The lowest BCUT2D eigenvalue weighted by Crippen LogP contribution is -2.56. The Bertz CT molecular complexity index is 4240. The first-order valence-electron chi connectivity index (χ1n) is 34.7. The number of imide groups is 2. The summed E-state index contributed by atoms with van der Waals surface area (Å²) < 4.78 is 55.0. The number of amides is 4. The normalized spacial score (nSPS) is 14.7. The number of nitrogens with zero attached hydrogens (tertiary/aromatic N) is 6. The summed E-state index contributed by atoms with van der Waals surface area (Å²) in [6.45, 7) is 14.4. The van der Waals surface area contributed by atoms with Crippen molar-refractivity contribution in [2.24, 2.45) is 11.8 Å². The summed E-state index contributed by atoms with van der Waals surface area (Å²) in [7, 11) is -2.72. The quantitative estimate of drug-likeness (QED) is 0.0232. The van der Waals surface area contributed by atoms with Gasteiger partial charge >= 0.3 is 0 Å². The number of benzene rings is 4. The fourth-order valence-electron chi connectivity index (χ4n) is 15.0. The van der Waals surface area contributed by atoms with E-state index in [1.807, 2.05) is 48.5 Å². The van der Waals surface area contributed by atoms with Gasteiger partial charge in [-0.1, -0.05) is 169 Å². The zero-order valence-electron chi connectivity index (χ0n) is 55.2. The Balaban J connectivity index is 0.839. The van der Waals surface area contributed by atoms with Crippen LogP contribution in [0.25, 0.3) is 94.5 Å². The zero-order chi connectivity index (χ0) is 66.1. The van der Waals surface area contributed by atoms with Crippen molar-refractivity contribution in [2.75, 3.05) is 13.1 Å². The van der Waals surface area contributed by atoms with E-state index in [4.69, 9.17) is 17.5 Å². The highest BCUT2D eigenvalue weighted by atomic mass is 32.1. The fourth-order valence-corrected chi connectivity index (χ4v) is 28.6. The van der Waals surface area contributed by atoms with E-state index >= 15 is 8.78 Å². The number of aromatic nitrogens is 4. The van der Waals surface area contributed by atoms with Gasteiger partial charge < -0.3 is 0 Å². The lowest BCUT2D eigenvalue weighted by molar-refractivity contribution is 0.0636. The molecule has 10 aromatic rings. The third-order valence-corrected chi connectivity index (χ3v) is 31.9. The highest BCUT2D eigenvalue weighted by molar-refractivity contribution is 7.32. The van der Waals surface area contributed by atoms with Gasteiger partial charge in [-0.25, -0.2) is 8.78 Å². The minimum absolute atomic E-state index is 0.233. The van der Waals surface area contributed by atoms with Crippen LogP contribution in [0.3, 0.4) is 0 Å². The molecule has 3 aliphatic rings. The van der Waals surface area contributed by atoms with E-state index in [-0.39, 0.29) is 35.3 Å². The first kappa shape index (κ1) is 67.3. The van der Waals surface area contributed by atoms with E-state index in [1.165, 1.54) is 55.7 Å². The highest BCUT2D eigenvalue weighted by Crippen LogP contribution is 2.53. The van der Waals surface area contributed by atoms with Gasteiger partial charge in [-0.05, 0) is 131 Å². The van der Waals surface area contributed by atoms with Crippen molar-refractivity contribution in [3.63, 3.8) is 0 Å². The molecule has 4 aromatic carbocycles. The Labute approximate surface area is 581 Å². The maximum Gasteiger partial charge on any atom is 0.261 e. The van der Waals surface area contributed by atoms with Gasteiger partial charge in [-0.2, -0.15) is 17.5 Å². The summed E-state index contributed by atoms with van der Waals surface area (Å²) >= 11 is 8.46. The zero-order valence-corrected chi connectivity index (χ0v) is 61.1. The Hall–Kier alpha value is -6.32. The molecule has 0 saturated heterocycles. The summed E-state index contributed by atoms with van der Waals surface area (Å²) in [5.41, 5.74) is 7.90. The predicted molar refractivity (Wildman–Crippen MR) is 397 cm³/mol. The molecule has 19 heteroatoms. The molecule has 0 spiro atoms. The fraction of sp³-hybridized carbons (Fsp3) is 0.421. The summed E-state index contributed by atoms with van der Waals surface area (Å²) in [6, 6.07) is 29.0. The van der Waals surface area contributed by atoms with Crippen LogP contribution in [0.4, 0.5) is 8.78 Å². The smallest absolute Gasteiger partial charge is 0.261 e. The van der Waals surface area contributed by atoms with Crippen LogP contribution in [0.15, 0.2) is 84.9 Å². The average molecular weight is 1400 g/mol. The maximum absolute atomic E-state index is 17.7. The third kappa shape index (κ3) is 12.9. The van der Waals surface area contributed by atoms with Gasteiger partial charge in [0.2, 0.25) is 0 Å². The molecule has 4 amide bonds. The molecule has 9 heterocycles. The van der Waals surface area contributed by atoms with Crippen LogP contribution in [-0.2, 0) is 0 Å². The van der Waals surface area contributed by atoms with E-state index in [2.05, 4.69) is 53.7 Å². The van der Waals surface area contributed by atoms with Crippen molar-refractivity contribution >= 4 is 133 Å². The van der Waals surface area contributed by atoms with Crippen molar-refractivity contribution in [3.8, 4) is 72.4 Å². The van der Waals surface area contributed by atoms with Gasteiger partial charge in [-0.15, -0.1) is 45.3 Å². The van der Waals surface area contributed by atoms with Crippen molar-refractivity contribution in [3.05, 3.63) is 119 Å². The third-order valence-electron chi connectivity index (χ3n) is 20.3. The van der Waals surface area contributed by atoms with Gasteiger partial charge in [0, 0.05) is 63.2 Å². The van der Waals surface area contributed by atoms with Crippen LogP contribution < -0.4 is 10.4 Å². The topological polar surface area (TPSA) is 126 Å². The lowest BCUT2D eigenvalue weighted by atomic mass is 10.0. The molecule has 0 saturated carbocycles. The number of fused-ring (bicyclic) bond motifs is 7. The number of unbranched alkanes of at least 4 members (excludes halogenated alkanes) is 12. The molecule has 13 rings (SSSR count). The Kier molecular flexibility index (Phi) is 20.8. The van der Waals surface area contributed by atoms with Crippen LogP contribution in [0.5, 0.6) is 0 Å². The molecule has 0 fully saturated rings. The number of hydrogen-bond donors (Lipinski definition) is 0. The van der Waals surface area contributed by atoms with E-state index in [0.717, 1.165) is 201 Å². The predicted octanol–water partition coefficient (Wildman–Crippen LogP) is 22.1. The van der Waals surface area contributed by atoms with Crippen molar-refractivity contribution in [1.82, 2.24) is 27.3 Å². The number of carbonyl (C=O) groups is 4. The number of thiophene rings is 4. The van der Waals surface area contributed by atoms with E-state index in [9.17, 15) is 19.2 Å². The molecule has 0 N–H and O–H groups in total. The van der Waals surface area contributed by atoms with Crippen molar-refractivity contribution in [2.45, 2.75) is 182 Å². The standard InChI is InChI=1S/C76H82F2N6O4S6Si/c1-7-13-17-19-21-23-35-83-73(85)49-29-27-47(37-51(49)75(83)87)57-31-33-59(89-57)53-39-55(77)65(69-67(53)79-93-81-69)61-41-63-71(91-61)72-64(95(63,43-45(11-5)25-15-9-3)44-46(12-6)26-16-10-4)42-62(92-72)66-56(78)40-54(68-70(66)82-94-80-68)60-34-32-58(90-60)48-28-30-50-52(38-48)76(88)84(74(50)86)36-24-22-20-18-14-8-2/h27-34,37-42,45-46H,7-26,35-36,43-44H2,1-6H3. The number of hydrogen-bond acceptors (Lipinski definition) is 14. The van der Waals surface area contributed by atoms with Gasteiger partial charge in [0.25, 0.3) is 23.6 Å². The molecular weight excluding hydrogens is 1320 g/mol. The largest absolute Gasteiger partial charge is 0.274 e. The molecular formula is C76H82F2N6O4S6Si. The number of carbonyl (C=O) groups excluding carboxylic acids is 4. The van der Waals surface area contributed by atoms with Crippen LogP contribution in [-0.4, -0.2) is 72.1 Å². The molecule has 3 aliphatic heterocycles. The first-order chi connectivity index (χ1) is 46.3. The molecule has 6 aromatic heterocycles. The number of halogens is 2. The van der Waals surface area contributed by atoms with Crippen LogP contribution >= 0.6 is 68.8 Å². The number of rotatable bonds is 32. The molecule has 2 atom stereocenters. The Morgan fingerprint density at radius 3 is 1.18 bits per heavy atom. The molecule has 0 aliphatic carbocycles. The van der Waals surface area contributed by atoms with Crippen LogP contribution in [0, 0.1) is 23.5 Å². The van der Waals surface area contributed by atoms with E-state index < -0.39 is 8.07 Å². The van der Waals surface area contributed by atoms with Crippen molar-refractivity contribution < 1.29 is 28.0 Å². The Morgan fingerprint density at radius 2 is 0.768 bits per heavy atom. The minimum atomic E-state index is -2.72. The van der Waals surface area contributed by atoms with E-state index in [0.29, 0.717) is 91.5 Å².